The molecule has 0 radical (unpaired) electrons. The number of aromatic amines is 1. The van der Waals surface area contributed by atoms with Gasteiger partial charge in [0.25, 0.3) is 0 Å². The molecule has 2 rings (SSSR count). The first-order chi connectivity index (χ1) is 17.4. The van der Waals surface area contributed by atoms with Gasteiger partial charge in [-0.2, -0.15) is 0 Å². The summed E-state index contributed by atoms with van der Waals surface area (Å²) in [5.41, 5.74) is 12.9. The summed E-state index contributed by atoms with van der Waals surface area (Å²) < 4.78 is 0. The Labute approximate surface area is 214 Å². The summed E-state index contributed by atoms with van der Waals surface area (Å²) in [4.78, 5) is 64.6. The molecule has 4 amide bonds. The van der Waals surface area contributed by atoms with Crippen molar-refractivity contribution in [2.75, 3.05) is 0 Å². The monoisotopic (exact) mass is 516 g/mol. The Hall–Kier alpha value is -3.93. The van der Waals surface area contributed by atoms with Crippen molar-refractivity contribution in [2.45, 2.75) is 70.6 Å². The van der Waals surface area contributed by atoms with Crippen LogP contribution in [0.3, 0.4) is 0 Å². The number of carbonyl (C=O) groups excluding carboxylic acids is 4. The number of carboxylic acid groups (broad SMARTS) is 1. The Morgan fingerprint density at radius 3 is 2.22 bits per heavy atom. The Bertz CT molecular complexity index is 1130. The third kappa shape index (κ3) is 8.31. The van der Waals surface area contributed by atoms with Gasteiger partial charge in [-0.05, 0) is 30.9 Å². The molecule has 0 aliphatic heterocycles. The topological polar surface area (TPSA) is 209 Å². The van der Waals surface area contributed by atoms with Crippen molar-refractivity contribution < 1.29 is 29.1 Å². The SMILES string of the molecule is CCC(C)C(N)C(=O)NC(Cc1c[nH]c2ccccc12)C(=O)NC(CCC(N)=O)C(=O)NC(C)C(=O)O. The van der Waals surface area contributed by atoms with Crippen LogP contribution in [0.25, 0.3) is 10.9 Å². The summed E-state index contributed by atoms with van der Waals surface area (Å²) >= 11 is 0. The third-order valence-corrected chi connectivity index (χ3v) is 6.33. The van der Waals surface area contributed by atoms with Gasteiger partial charge in [-0.1, -0.05) is 38.5 Å². The predicted molar refractivity (Wildman–Crippen MR) is 137 cm³/mol. The Morgan fingerprint density at radius 2 is 1.59 bits per heavy atom. The van der Waals surface area contributed by atoms with Gasteiger partial charge in [0, 0.05) is 29.9 Å². The molecule has 5 atom stereocenters. The van der Waals surface area contributed by atoms with Crippen molar-refractivity contribution in [3.05, 3.63) is 36.0 Å². The van der Waals surface area contributed by atoms with Gasteiger partial charge < -0.3 is 37.5 Å². The third-order valence-electron chi connectivity index (χ3n) is 6.33. The van der Waals surface area contributed by atoms with E-state index in [0.717, 1.165) is 16.5 Å². The number of amides is 4. The van der Waals surface area contributed by atoms with Crippen LogP contribution in [-0.4, -0.2) is 63.9 Å². The number of hydrogen-bond acceptors (Lipinski definition) is 6. The van der Waals surface area contributed by atoms with Crippen molar-refractivity contribution in [3.8, 4) is 0 Å². The number of aromatic nitrogens is 1. The Morgan fingerprint density at radius 1 is 0.973 bits per heavy atom. The van der Waals surface area contributed by atoms with Crippen LogP contribution in [0.5, 0.6) is 0 Å². The molecule has 0 aliphatic carbocycles. The molecule has 0 saturated heterocycles. The highest BCUT2D eigenvalue weighted by Crippen LogP contribution is 2.19. The van der Waals surface area contributed by atoms with Gasteiger partial charge in [-0.15, -0.1) is 0 Å². The van der Waals surface area contributed by atoms with E-state index in [0.29, 0.717) is 6.42 Å². The summed E-state index contributed by atoms with van der Waals surface area (Å²) in [6.45, 7) is 4.99. The lowest BCUT2D eigenvalue weighted by Crippen LogP contribution is -2.58. The minimum absolute atomic E-state index is 0.0878. The molecule has 0 saturated carbocycles. The van der Waals surface area contributed by atoms with Crippen LogP contribution in [0.1, 0.15) is 45.6 Å². The summed E-state index contributed by atoms with van der Waals surface area (Å²) in [5.74, 6) is -4.10. The molecule has 12 heteroatoms. The number of benzene rings is 1. The van der Waals surface area contributed by atoms with Crippen molar-refractivity contribution >= 4 is 40.5 Å². The quantitative estimate of drug-likeness (QED) is 0.181. The fraction of sp³-hybridized carbons (Fsp3) is 0.480. The first-order valence-corrected chi connectivity index (χ1v) is 12.2. The number of fused-ring (bicyclic) bond motifs is 1. The lowest BCUT2D eigenvalue weighted by molar-refractivity contribution is -0.142. The molecule has 0 spiro atoms. The first-order valence-electron chi connectivity index (χ1n) is 12.2. The van der Waals surface area contributed by atoms with Crippen LogP contribution >= 0.6 is 0 Å². The lowest BCUT2D eigenvalue weighted by atomic mass is 9.98. The number of aliphatic carboxylic acids is 1. The molecular formula is C25H36N6O6. The number of primary amides is 1. The van der Waals surface area contributed by atoms with E-state index in [2.05, 4.69) is 20.9 Å². The molecule has 0 fully saturated rings. The van der Waals surface area contributed by atoms with Crippen molar-refractivity contribution in [1.82, 2.24) is 20.9 Å². The normalized spacial score (nSPS) is 15.1. The lowest BCUT2D eigenvalue weighted by Gasteiger charge is -2.25. The number of para-hydroxylation sites is 1. The van der Waals surface area contributed by atoms with E-state index in [1.165, 1.54) is 6.92 Å². The van der Waals surface area contributed by atoms with E-state index in [1.807, 2.05) is 38.1 Å². The van der Waals surface area contributed by atoms with Crippen LogP contribution in [0, 0.1) is 5.92 Å². The van der Waals surface area contributed by atoms with E-state index in [1.54, 1.807) is 6.20 Å². The molecule has 12 nitrogen and oxygen atoms in total. The van der Waals surface area contributed by atoms with Crippen molar-refractivity contribution in [3.63, 3.8) is 0 Å². The van der Waals surface area contributed by atoms with Crippen LogP contribution < -0.4 is 27.4 Å². The van der Waals surface area contributed by atoms with Crippen LogP contribution in [-0.2, 0) is 30.4 Å². The number of rotatable bonds is 14. The maximum absolute atomic E-state index is 13.4. The average Bonchev–Trinajstić information content (AvgIpc) is 3.27. The second kappa shape index (κ2) is 13.4. The fourth-order valence-electron chi connectivity index (χ4n) is 3.71. The van der Waals surface area contributed by atoms with Crippen LogP contribution in [0.2, 0.25) is 0 Å². The predicted octanol–water partition coefficient (Wildman–Crippen LogP) is -0.0918. The summed E-state index contributed by atoms with van der Waals surface area (Å²) in [6.07, 6.45) is 2.10. The zero-order valence-corrected chi connectivity index (χ0v) is 21.2. The molecule has 37 heavy (non-hydrogen) atoms. The zero-order chi connectivity index (χ0) is 27.7. The minimum Gasteiger partial charge on any atom is -0.480 e. The second-order valence-electron chi connectivity index (χ2n) is 9.17. The second-order valence-corrected chi connectivity index (χ2v) is 9.17. The number of H-pyrrole nitrogens is 1. The standard InChI is InChI=1S/C25H36N6O6/c1-4-13(2)21(27)24(35)31-19(11-15-12-28-17-8-6-5-7-16(15)17)23(34)30-18(9-10-20(26)32)22(33)29-14(3)25(36)37/h5-8,12-14,18-19,21,28H,4,9-11,27H2,1-3H3,(H2,26,32)(H,29,33)(H,30,34)(H,31,35)(H,36,37). The Balaban J connectivity index is 2.31. The molecule has 9 N–H and O–H groups in total. The number of hydrogen-bond donors (Lipinski definition) is 7. The minimum atomic E-state index is -1.27. The maximum Gasteiger partial charge on any atom is 0.325 e. The van der Waals surface area contributed by atoms with Gasteiger partial charge >= 0.3 is 5.97 Å². The van der Waals surface area contributed by atoms with Crippen LogP contribution in [0.15, 0.2) is 30.5 Å². The van der Waals surface area contributed by atoms with Gasteiger partial charge in [0.1, 0.15) is 18.1 Å². The van der Waals surface area contributed by atoms with E-state index in [-0.39, 0.29) is 25.2 Å². The molecule has 0 bridgehead atoms. The van der Waals surface area contributed by atoms with E-state index >= 15 is 0 Å². The molecule has 0 aliphatic rings. The number of carbonyl (C=O) groups is 5. The van der Waals surface area contributed by atoms with E-state index in [4.69, 9.17) is 16.6 Å². The molecule has 1 aromatic heterocycles. The van der Waals surface area contributed by atoms with Gasteiger partial charge in [-0.3, -0.25) is 24.0 Å². The smallest absolute Gasteiger partial charge is 0.325 e. The molecule has 5 unspecified atom stereocenters. The largest absolute Gasteiger partial charge is 0.480 e. The van der Waals surface area contributed by atoms with Gasteiger partial charge in [-0.25, -0.2) is 0 Å². The first kappa shape index (κ1) is 29.3. The number of nitrogens with one attached hydrogen (secondary N) is 4. The van der Waals surface area contributed by atoms with Crippen LogP contribution in [0.4, 0.5) is 0 Å². The van der Waals surface area contributed by atoms with Gasteiger partial charge in [0.15, 0.2) is 0 Å². The van der Waals surface area contributed by atoms with Crippen molar-refractivity contribution in [1.29, 1.82) is 0 Å². The highest BCUT2D eigenvalue weighted by atomic mass is 16.4. The molecule has 202 valence electrons. The molecular weight excluding hydrogens is 480 g/mol. The molecule has 1 aromatic carbocycles. The molecule has 1 heterocycles. The summed E-state index contributed by atoms with van der Waals surface area (Å²) in [6, 6.07) is 3.01. The Kier molecular flexibility index (Phi) is 10.6. The average molecular weight is 517 g/mol. The van der Waals surface area contributed by atoms with Gasteiger partial charge in [0.05, 0.1) is 6.04 Å². The highest BCUT2D eigenvalue weighted by molar-refractivity contribution is 5.95. The number of nitrogens with two attached hydrogens (primary N) is 2. The highest BCUT2D eigenvalue weighted by Gasteiger charge is 2.31. The maximum atomic E-state index is 13.4. The van der Waals surface area contributed by atoms with Gasteiger partial charge in [0.2, 0.25) is 23.6 Å². The van der Waals surface area contributed by atoms with E-state index < -0.39 is 53.8 Å². The molecule has 2 aromatic rings. The summed E-state index contributed by atoms with van der Waals surface area (Å²) in [5, 5.41) is 17.5. The van der Waals surface area contributed by atoms with Crippen molar-refractivity contribution in [2.24, 2.45) is 17.4 Å². The zero-order valence-electron chi connectivity index (χ0n) is 21.2. The number of carboxylic acids is 1. The summed E-state index contributed by atoms with van der Waals surface area (Å²) in [7, 11) is 0. The fourth-order valence-corrected chi connectivity index (χ4v) is 3.71. The van der Waals surface area contributed by atoms with E-state index in [9.17, 15) is 24.0 Å².